The van der Waals surface area contributed by atoms with Gasteiger partial charge in [-0.15, -0.1) is 0 Å². The Morgan fingerprint density at radius 1 is 0.842 bits per heavy atom. The number of aryl methyl sites for hydroxylation is 1. The molecule has 0 bridgehead atoms. The molecule has 19 heavy (non-hydrogen) atoms. The van der Waals surface area contributed by atoms with Gasteiger partial charge in [-0.25, -0.2) is 0 Å². The van der Waals surface area contributed by atoms with Gasteiger partial charge in [0.15, 0.2) is 0 Å². The lowest BCUT2D eigenvalue weighted by atomic mass is 9.82. The second kappa shape index (κ2) is 4.85. The summed E-state index contributed by atoms with van der Waals surface area (Å²) in [5, 5.41) is 3.85. The minimum atomic E-state index is 0.750. The molecule has 3 unspecified atom stereocenters. The maximum Gasteiger partial charge on any atom is 0.0374 e. The molecular weight excluding hydrogens is 230 g/mol. The van der Waals surface area contributed by atoms with Crippen LogP contribution < -0.4 is 5.32 Å². The SMILES string of the molecule is c1ccc2c(c1)CCC(C1CC3CCCCC3C1)N2. The van der Waals surface area contributed by atoms with E-state index in [2.05, 4.69) is 29.6 Å². The third kappa shape index (κ3) is 2.17. The van der Waals surface area contributed by atoms with E-state index in [1.807, 2.05) is 0 Å². The lowest BCUT2D eigenvalue weighted by Gasteiger charge is -2.31. The lowest BCUT2D eigenvalue weighted by Crippen LogP contribution is -2.32. The molecule has 0 radical (unpaired) electrons. The Hall–Kier alpha value is -0.980. The Morgan fingerprint density at radius 3 is 2.37 bits per heavy atom. The van der Waals surface area contributed by atoms with Crippen LogP contribution in [-0.2, 0) is 6.42 Å². The minimum Gasteiger partial charge on any atom is -0.382 e. The quantitative estimate of drug-likeness (QED) is 0.771. The van der Waals surface area contributed by atoms with Crippen LogP contribution in [0.4, 0.5) is 5.69 Å². The number of anilines is 1. The molecule has 0 spiro atoms. The molecule has 0 aromatic heterocycles. The summed E-state index contributed by atoms with van der Waals surface area (Å²) in [5.74, 6) is 3.08. The third-order valence-electron chi connectivity index (χ3n) is 5.93. The molecule has 4 rings (SSSR count). The first-order chi connectivity index (χ1) is 9.40. The van der Waals surface area contributed by atoms with Crippen molar-refractivity contribution in [2.45, 2.75) is 57.4 Å². The number of nitrogens with one attached hydrogen (secondary N) is 1. The van der Waals surface area contributed by atoms with Gasteiger partial charge in [-0.1, -0.05) is 43.9 Å². The Bertz CT molecular complexity index is 439. The molecule has 1 heterocycles. The highest BCUT2D eigenvalue weighted by Gasteiger charge is 2.39. The lowest BCUT2D eigenvalue weighted by molar-refractivity contribution is 0.277. The normalized spacial score (nSPS) is 37.3. The van der Waals surface area contributed by atoms with Crippen LogP contribution in [0.3, 0.4) is 0 Å². The van der Waals surface area contributed by atoms with E-state index in [4.69, 9.17) is 0 Å². The number of hydrogen-bond donors (Lipinski definition) is 1. The molecule has 1 N–H and O–H groups in total. The van der Waals surface area contributed by atoms with Crippen LogP contribution >= 0.6 is 0 Å². The van der Waals surface area contributed by atoms with E-state index in [1.165, 1.54) is 62.6 Å². The molecule has 2 aliphatic carbocycles. The van der Waals surface area contributed by atoms with Gasteiger partial charge < -0.3 is 5.32 Å². The van der Waals surface area contributed by atoms with Gasteiger partial charge >= 0.3 is 0 Å². The zero-order valence-corrected chi connectivity index (χ0v) is 11.8. The Balaban J connectivity index is 1.47. The fourth-order valence-corrected chi connectivity index (χ4v) is 4.92. The predicted octanol–water partition coefficient (Wildman–Crippen LogP) is 4.63. The average Bonchev–Trinajstić information content (AvgIpc) is 2.90. The topological polar surface area (TPSA) is 12.0 Å². The molecule has 3 aliphatic rings. The summed E-state index contributed by atoms with van der Waals surface area (Å²) in [6, 6.07) is 9.64. The number of benzene rings is 1. The number of hydrogen-bond acceptors (Lipinski definition) is 1. The molecule has 102 valence electrons. The highest BCUT2D eigenvalue weighted by atomic mass is 14.9. The highest BCUT2D eigenvalue weighted by molar-refractivity contribution is 5.53. The monoisotopic (exact) mass is 255 g/mol. The smallest absolute Gasteiger partial charge is 0.0374 e. The van der Waals surface area contributed by atoms with E-state index < -0.39 is 0 Å². The first-order valence-corrected chi connectivity index (χ1v) is 8.24. The van der Waals surface area contributed by atoms with Gasteiger partial charge in [0.05, 0.1) is 0 Å². The molecule has 2 fully saturated rings. The first kappa shape index (κ1) is 11.8. The van der Waals surface area contributed by atoms with Crippen molar-refractivity contribution in [1.82, 2.24) is 0 Å². The standard InChI is InChI=1S/C18H25N/c1-2-7-15-12-16(11-14(15)6-1)18-10-9-13-5-3-4-8-17(13)19-18/h3-5,8,14-16,18-19H,1-2,6-7,9-12H2. The van der Waals surface area contributed by atoms with Crippen molar-refractivity contribution >= 4 is 5.69 Å². The average molecular weight is 255 g/mol. The molecule has 1 aliphatic heterocycles. The number of fused-ring (bicyclic) bond motifs is 2. The van der Waals surface area contributed by atoms with Gasteiger partial charge in [-0.05, 0) is 55.1 Å². The van der Waals surface area contributed by atoms with Crippen LogP contribution in [-0.4, -0.2) is 6.04 Å². The van der Waals surface area contributed by atoms with Crippen molar-refractivity contribution in [3.63, 3.8) is 0 Å². The van der Waals surface area contributed by atoms with Gasteiger partial charge in [0.2, 0.25) is 0 Å². The second-order valence-corrected chi connectivity index (χ2v) is 6.98. The van der Waals surface area contributed by atoms with Crippen molar-refractivity contribution < 1.29 is 0 Å². The zero-order chi connectivity index (χ0) is 12.7. The second-order valence-electron chi connectivity index (χ2n) is 6.98. The van der Waals surface area contributed by atoms with Crippen molar-refractivity contribution in [3.8, 4) is 0 Å². The predicted molar refractivity (Wildman–Crippen MR) is 80.3 cm³/mol. The van der Waals surface area contributed by atoms with Crippen LogP contribution in [0.15, 0.2) is 24.3 Å². The van der Waals surface area contributed by atoms with E-state index in [1.54, 1.807) is 0 Å². The third-order valence-corrected chi connectivity index (χ3v) is 5.93. The zero-order valence-electron chi connectivity index (χ0n) is 11.8. The van der Waals surface area contributed by atoms with Crippen LogP contribution in [0.1, 0.15) is 50.5 Å². The Kier molecular flexibility index (Phi) is 3.01. The molecule has 3 atom stereocenters. The van der Waals surface area contributed by atoms with E-state index >= 15 is 0 Å². The summed E-state index contributed by atoms with van der Waals surface area (Å²) in [5.41, 5.74) is 2.93. The molecule has 1 aromatic rings. The summed E-state index contributed by atoms with van der Waals surface area (Å²) < 4.78 is 0. The maximum absolute atomic E-state index is 3.85. The molecule has 1 heteroatoms. The van der Waals surface area contributed by atoms with Crippen LogP contribution in [0.2, 0.25) is 0 Å². The maximum atomic E-state index is 3.85. The first-order valence-electron chi connectivity index (χ1n) is 8.24. The molecule has 1 nitrogen and oxygen atoms in total. The van der Waals surface area contributed by atoms with Crippen LogP contribution in [0, 0.1) is 17.8 Å². The van der Waals surface area contributed by atoms with Gasteiger partial charge in [-0.3, -0.25) is 0 Å². The van der Waals surface area contributed by atoms with Crippen molar-refractivity contribution in [1.29, 1.82) is 0 Å². The molecular formula is C18H25N. The van der Waals surface area contributed by atoms with Gasteiger partial charge in [0.1, 0.15) is 0 Å². The van der Waals surface area contributed by atoms with E-state index in [0.29, 0.717) is 0 Å². The number of rotatable bonds is 1. The van der Waals surface area contributed by atoms with Crippen molar-refractivity contribution in [3.05, 3.63) is 29.8 Å². The van der Waals surface area contributed by atoms with Gasteiger partial charge in [0.25, 0.3) is 0 Å². The van der Waals surface area contributed by atoms with Gasteiger partial charge in [0, 0.05) is 11.7 Å². The van der Waals surface area contributed by atoms with Gasteiger partial charge in [-0.2, -0.15) is 0 Å². The molecule has 0 saturated heterocycles. The summed E-state index contributed by atoms with van der Waals surface area (Å²) in [6.45, 7) is 0. The fraction of sp³-hybridized carbons (Fsp3) is 0.667. The fourth-order valence-electron chi connectivity index (χ4n) is 4.92. The molecule has 1 aromatic carbocycles. The summed E-state index contributed by atoms with van der Waals surface area (Å²) in [4.78, 5) is 0. The van der Waals surface area contributed by atoms with Crippen LogP contribution in [0.25, 0.3) is 0 Å². The summed E-state index contributed by atoms with van der Waals surface area (Å²) >= 11 is 0. The molecule has 2 saturated carbocycles. The molecule has 0 amide bonds. The largest absolute Gasteiger partial charge is 0.382 e. The van der Waals surface area contributed by atoms with Crippen molar-refractivity contribution in [2.75, 3.05) is 5.32 Å². The van der Waals surface area contributed by atoms with Crippen LogP contribution in [0.5, 0.6) is 0 Å². The minimum absolute atomic E-state index is 0.750. The summed E-state index contributed by atoms with van der Waals surface area (Å²) in [7, 11) is 0. The van der Waals surface area contributed by atoms with Crippen molar-refractivity contribution in [2.24, 2.45) is 17.8 Å². The number of para-hydroxylation sites is 1. The van der Waals surface area contributed by atoms with E-state index in [-0.39, 0.29) is 0 Å². The Labute approximate surface area is 116 Å². The summed E-state index contributed by atoms with van der Waals surface area (Å²) in [6.07, 6.45) is 11.7. The highest BCUT2D eigenvalue weighted by Crippen LogP contribution is 2.47. The Morgan fingerprint density at radius 2 is 1.58 bits per heavy atom. The van der Waals surface area contributed by atoms with E-state index in [9.17, 15) is 0 Å². The van der Waals surface area contributed by atoms with E-state index in [0.717, 1.165) is 23.8 Å².